The van der Waals surface area contributed by atoms with Crippen LogP contribution in [0.4, 0.5) is 0 Å². The van der Waals surface area contributed by atoms with Gasteiger partial charge in [-0.25, -0.2) is 0 Å². The Morgan fingerprint density at radius 2 is 2.06 bits per heavy atom. The number of hydrogen-bond acceptors (Lipinski definition) is 6. The quantitative estimate of drug-likeness (QED) is 0.545. The van der Waals surface area contributed by atoms with Crippen molar-refractivity contribution in [2.75, 3.05) is 13.1 Å². The van der Waals surface area contributed by atoms with Gasteiger partial charge in [-0.3, -0.25) is 19.5 Å². The second kappa shape index (κ2) is 8.88. The monoisotopic (exact) mass is 450 g/mol. The molecule has 8 atom stereocenters. The smallest absolute Gasteiger partial charge is 0.310 e. The van der Waals surface area contributed by atoms with Crippen molar-refractivity contribution < 1.29 is 24.5 Å². The number of carbonyl (C=O) groups is 2. The summed E-state index contributed by atoms with van der Waals surface area (Å²) < 4.78 is 4.84. The molecule has 174 valence electrons. The summed E-state index contributed by atoms with van der Waals surface area (Å²) in [5.74, 6) is -0.775. The van der Waals surface area contributed by atoms with Gasteiger partial charge in [0.05, 0.1) is 23.5 Å². The number of ether oxygens (including phenoxy) is 1. The minimum Gasteiger partial charge on any atom is -0.481 e. The van der Waals surface area contributed by atoms with Crippen LogP contribution in [0.3, 0.4) is 0 Å². The van der Waals surface area contributed by atoms with Crippen molar-refractivity contribution in [2.45, 2.75) is 43.9 Å². The molecular formula is C26H30N2O5. The lowest BCUT2D eigenvalue weighted by atomic mass is 9.73. The number of esters is 1. The zero-order valence-corrected chi connectivity index (χ0v) is 18.5. The summed E-state index contributed by atoms with van der Waals surface area (Å²) in [5.41, 5.74) is 1.97. The number of rotatable bonds is 4. The number of hydrogen-bond donors (Lipinski definition) is 2. The molecular weight excluding hydrogens is 420 g/mol. The molecule has 7 rings (SSSR count). The number of nitrogens with zero attached hydrogens (tertiary/aromatic N) is 2. The highest BCUT2D eigenvalue weighted by molar-refractivity contribution is 5.84. The number of piperidine rings is 3. The predicted molar refractivity (Wildman–Crippen MR) is 122 cm³/mol. The van der Waals surface area contributed by atoms with E-state index in [2.05, 4.69) is 28.6 Å². The molecule has 5 unspecified atom stereocenters. The van der Waals surface area contributed by atoms with Gasteiger partial charge < -0.3 is 14.9 Å². The summed E-state index contributed by atoms with van der Waals surface area (Å²) in [6.07, 6.45) is 6.76. The molecule has 1 saturated carbocycles. The Labute approximate surface area is 193 Å². The number of pyridine rings is 1. The van der Waals surface area contributed by atoms with Gasteiger partial charge in [-0.2, -0.15) is 0 Å². The number of benzene rings is 1. The molecule has 4 aliphatic heterocycles. The highest BCUT2D eigenvalue weighted by Crippen LogP contribution is 2.42. The van der Waals surface area contributed by atoms with Crippen molar-refractivity contribution in [1.82, 2.24) is 9.88 Å². The molecule has 0 spiro atoms. The summed E-state index contributed by atoms with van der Waals surface area (Å²) in [6, 6.07) is 10.3. The van der Waals surface area contributed by atoms with Crippen LogP contribution in [0.1, 0.15) is 37.4 Å². The van der Waals surface area contributed by atoms with Gasteiger partial charge in [0.25, 0.3) is 0 Å². The molecule has 2 aromatic rings. The van der Waals surface area contributed by atoms with Crippen LogP contribution in [0.25, 0.3) is 10.9 Å². The largest absolute Gasteiger partial charge is 0.481 e. The van der Waals surface area contributed by atoms with Gasteiger partial charge in [-0.1, -0.05) is 24.3 Å². The number of fused-ring (bicyclic) bond motifs is 6. The van der Waals surface area contributed by atoms with Gasteiger partial charge in [0.15, 0.2) is 0 Å². The van der Waals surface area contributed by atoms with E-state index in [9.17, 15) is 14.7 Å². The molecule has 7 nitrogen and oxygen atoms in total. The Kier molecular flexibility index (Phi) is 5.93. The van der Waals surface area contributed by atoms with E-state index < -0.39 is 18.0 Å². The molecule has 4 saturated heterocycles. The van der Waals surface area contributed by atoms with Crippen molar-refractivity contribution >= 4 is 22.8 Å². The first kappa shape index (κ1) is 22.0. The number of aliphatic hydroxyl groups excluding tert-OH is 1. The van der Waals surface area contributed by atoms with E-state index in [4.69, 9.17) is 9.84 Å². The number of carboxylic acid groups (broad SMARTS) is 1. The van der Waals surface area contributed by atoms with Gasteiger partial charge >= 0.3 is 11.9 Å². The first-order valence-electron chi connectivity index (χ1n) is 11.8. The fourth-order valence-electron chi connectivity index (χ4n) is 6.16. The standard InChI is InChI=1S/C19H22N2O.C7H8O4/c1-2-13-12-21-10-8-14(13)11-18(21)19(22)16-7-9-20-17-6-4-3-5-15(16)17;8-6(9)4-1-3-2-5(4)7(10)11-3/h2-7,9,13-14,18-19,22H,1,8,10-12H2;3-5H,1-2H2,(H,8,9)/t13?,14?,18?,19-;3?,4-,5+/m11/s1. The number of aromatic nitrogens is 1. The lowest BCUT2D eigenvalue weighted by molar-refractivity contribution is -0.158. The molecule has 2 N–H and O–H groups in total. The van der Waals surface area contributed by atoms with Crippen LogP contribution in [0.2, 0.25) is 0 Å². The van der Waals surface area contributed by atoms with Crippen molar-refractivity contribution in [2.24, 2.45) is 23.7 Å². The van der Waals surface area contributed by atoms with E-state index in [1.807, 2.05) is 30.5 Å². The SMILES string of the molecule is C=CC1CN2CCC1CC2[C@H](O)c1ccnc2ccccc12.O=C1OC2C[C@H]1[C@H](C(=O)O)C2. The molecule has 1 aromatic carbocycles. The average molecular weight is 451 g/mol. The second-order valence-electron chi connectivity index (χ2n) is 9.69. The molecule has 33 heavy (non-hydrogen) atoms. The van der Waals surface area contributed by atoms with Crippen LogP contribution in [0.5, 0.6) is 0 Å². The summed E-state index contributed by atoms with van der Waals surface area (Å²) in [7, 11) is 0. The zero-order valence-electron chi connectivity index (χ0n) is 18.5. The van der Waals surface area contributed by atoms with Gasteiger partial charge in [-0.05, 0) is 61.8 Å². The average Bonchev–Trinajstić information content (AvgIpc) is 3.44. The molecule has 4 bridgehead atoms. The summed E-state index contributed by atoms with van der Waals surface area (Å²) in [4.78, 5) is 28.2. The Morgan fingerprint density at radius 3 is 2.70 bits per heavy atom. The lowest BCUT2D eigenvalue weighted by Gasteiger charge is -2.50. The molecule has 1 aromatic heterocycles. The fourth-order valence-corrected chi connectivity index (χ4v) is 6.16. The van der Waals surface area contributed by atoms with Gasteiger partial charge in [0.1, 0.15) is 6.10 Å². The molecule has 0 amide bonds. The third-order valence-electron chi connectivity index (χ3n) is 7.94. The van der Waals surface area contributed by atoms with E-state index in [0.717, 1.165) is 36.0 Å². The first-order chi connectivity index (χ1) is 16.0. The van der Waals surface area contributed by atoms with Crippen molar-refractivity contribution in [3.05, 3.63) is 54.7 Å². The molecule has 5 aliphatic rings. The third kappa shape index (κ3) is 4.04. The molecule has 0 radical (unpaired) electrons. The minimum absolute atomic E-state index is 0.117. The Hall–Kier alpha value is -2.77. The van der Waals surface area contributed by atoms with E-state index in [1.165, 1.54) is 6.42 Å². The Morgan fingerprint density at radius 1 is 1.24 bits per heavy atom. The highest BCUT2D eigenvalue weighted by atomic mass is 16.6. The molecule has 1 aliphatic carbocycles. The maximum absolute atomic E-state index is 11.0. The Bertz CT molecular complexity index is 1070. The summed E-state index contributed by atoms with van der Waals surface area (Å²) in [6.45, 7) is 6.11. The van der Waals surface area contributed by atoms with Crippen molar-refractivity contribution in [3.63, 3.8) is 0 Å². The van der Waals surface area contributed by atoms with Crippen LogP contribution in [0.15, 0.2) is 49.2 Å². The van der Waals surface area contributed by atoms with Crippen molar-refractivity contribution in [3.8, 4) is 0 Å². The van der Waals surface area contributed by atoms with Gasteiger partial charge in [0.2, 0.25) is 0 Å². The number of carbonyl (C=O) groups excluding carboxylic acids is 1. The topological polar surface area (TPSA) is 100.0 Å². The number of carboxylic acids is 1. The number of aliphatic carboxylic acids is 1. The van der Waals surface area contributed by atoms with E-state index >= 15 is 0 Å². The normalized spacial score (nSPS) is 34.9. The van der Waals surface area contributed by atoms with Crippen LogP contribution >= 0.6 is 0 Å². The zero-order chi connectivity index (χ0) is 23.1. The van der Waals surface area contributed by atoms with Crippen LogP contribution < -0.4 is 0 Å². The summed E-state index contributed by atoms with van der Waals surface area (Å²) in [5, 5.41) is 20.7. The highest BCUT2D eigenvalue weighted by Gasteiger charge is 2.51. The van der Waals surface area contributed by atoms with Crippen LogP contribution in [-0.2, 0) is 14.3 Å². The second-order valence-corrected chi connectivity index (χ2v) is 9.69. The number of para-hydroxylation sites is 1. The van der Waals surface area contributed by atoms with E-state index in [-0.39, 0.29) is 24.0 Å². The first-order valence-corrected chi connectivity index (χ1v) is 11.8. The van der Waals surface area contributed by atoms with Crippen molar-refractivity contribution in [1.29, 1.82) is 0 Å². The fraction of sp³-hybridized carbons (Fsp3) is 0.500. The maximum Gasteiger partial charge on any atom is 0.310 e. The van der Waals surface area contributed by atoms with E-state index in [1.54, 1.807) is 0 Å². The summed E-state index contributed by atoms with van der Waals surface area (Å²) >= 11 is 0. The molecule has 5 heterocycles. The maximum atomic E-state index is 11.0. The van der Waals surface area contributed by atoms with Gasteiger partial charge in [0, 0.05) is 24.2 Å². The molecule has 7 heteroatoms. The van der Waals surface area contributed by atoms with Crippen LogP contribution in [-0.4, -0.2) is 57.3 Å². The van der Waals surface area contributed by atoms with Gasteiger partial charge in [-0.15, -0.1) is 6.58 Å². The third-order valence-corrected chi connectivity index (χ3v) is 7.94. The minimum atomic E-state index is -0.867. The number of aliphatic hydroxyl groups is 1. The van der Waals surface area contributed by atoms with Crippen LogP contribution in [0, 0.1) is 23.7 Å². The van der Waals surface area contributed by atoms with E-state index in [0.29, 0.717) is 24.7 Å². The lowest BCUT2D eigenvalue weighted by Crippen LogP contribution is -2.54. The Balaban J connectivity index is 0.000000174. The molecule has 5 fully saturated rings. The predicted octanol–water partition coefficient (Wildman–Crippen LogP) is 3.19.